The smallest absolute Gasteiger partial charge is 0.294 e. The summed E-state index contributed by atoms with van der Waals surface area (Å²) in [6, 6.07) is 4.00. The third-order valence-electron chi connectivity index (χ3n) is 6.54. The van der Waals surface area contributed by atoms with E-state index in [4.69, 9.17) is 4.74 Å². The van der Waals surface area contributed by atoms with Crippen molar-refractivity contribution in [2.24, 2.45) is 5.92 Å². The van der Waals surface area contributed by atoms with E-state index in [2.05, 4.69) is 44.7 Å². The molecular formula is C23H33NO5. The zero-order chi connectivity index (χ0) is 21.2. The molecule has 2 aliphatic rings. The highest BCUT2D eigenvalue weighted by Gasteiger charge is 2.45. The fraction of sp³-hybridized carbons (Fsp3) is 0.652. The fourth-order valence-electron chi connectivity index (χ4n) is 4.86. The molecule has 0 saturated carbocycles. The molecule has 1 aliphatic carbocycles. The van der Waals surface area contributed by atoms with E-state index < -0.39 is 5.09 Å². The first-order valence-corrected chi connectivity index (χ1v) is 10.7. The van der Waals surface area contributed by atoms with Crippen molar-refractivity contribution in [3.8, 4) is 11.5 Å². The van der Waals surface area contributed by atoms with Gasteiger partial charge >= 0.3 is 0 Å². The van der Waals surface area contributed by atoms with Gasteiger partial charge in [0.1, 0.15) is 17.1 Å². The Hall–Kier alpha value is -2.24. The predicted octanol–water partition coefficient (Wildman–Crippen LogP) is 5.88. The number of rotatable bonds is 8. The van der Waals surface area contributed by atoms with E-state index >= 15 is 0 Å². The number of benzene rings is 1. The van der Waals surface area contributed by atoms with Crippen LogP contribution in [0.3, 0.4) is 0 Å². The van der Waals surface area contributed by atoms with Crippen molar-refractivity contribution in [2.45, 2.75) is 83.7 Å². The maximum atomic E-state index is 10.9. The molecule has 1 unspecified atom stereocenters. The summed E-state index contributed by atoms with van der Waals surface area (Å²) in [5.74, 6) is 1.99. The summed E-state index contributed by atoms with van der Waals surface area (Å²) in [7, 11) is 0. The molecule has 0 fully saturated rings. The minimum atomic E-state index is -0.742. The third kappa shape index (κ3) is 4.85. The quantitative estimate of drug-likeness (QED) is 0.254. The van der Waals surface area contributed by atoms with Gasteiger partial charge in [-0.3, -0.25) is 0 Å². The lowest BCUT2D eigenvalue weighted by atomic mass is 9.68. The second-order valence-corrected chi connectivity index (χ2v) is 9.15. The van der Waals surface area contributed by atoms with Crippen LogP contribution in [-0.4, -0.2) is 22.4 Å². The van der Waals surface area contributed by atoms with Crippen LogP contribution in [-0.2, 0) is 4.84 Å². The summed E-state index contributed by atoms with van der Waals surface area (Å²) in [5, 5.41) is 20.3. The number of hydrogen-bond acceptors (Lipinski definition) is 5. The topological polar surface area (TPSA) is 81.8 Å². The molecule has 1 N–H and O–H groups in total. The minimum absolute atomic E-state index is 0.152. The SMILES string of the molecule is CC1=C[C@H]2c3c(O)cc(C(C)CCCCCO[N+](=O)[O-])cc3OC(C)(C)[C@@H]2CC1. The Balaban J connectivity index is 1.71. The lowest BCUT2D eigenvalue weighted by molar-refractivity contribution is -0.757. The van der Waals surface area contributed by atoms with Gasteiger partial charge in [0, 0.05) is 17.4 Å². The van der Waals surface area contributed by atoms with Gasteiger partial charge in [0.05, 0.1) is 6.61 Å². The molecule has 0 saturated heterocycles. The first-order valence-electron chi connectivity index (χ1n) is 10.7. The second kappa shape index (κ2) is 8.64. The molecule has 6 heteroatoms. The largest absolute Gasteiger partial charge is 0.507 e. The van der Waals surface area contributed by atoms with E-state index in [1.807, 2.05) is 6.07 Å². The summed E-state index contributed by atoms with van der Waals surface area (Å²) in [6.45, 7) is 8.78. The Kier molecular flexibility index (Phi) is 6.39. The van der Waals surface area contributed by atoms with E-state index in [1.54, 1.807) is 0 Å². The van der Waals surface area contributed by atoms with Crippen LogP contribution in [0.4, 0.5) is 0 Å². The third-order valence-corrected chi connectivity index (χ3v) is 6.54. The number of unbranched alkanes of at least 4 members (excludes halogenated alkanes) is 2. The number of allylic oxidation sites excluding steroid dienone is 2. The van der Waals surface area contributed by atoms with Gasteiger partial charge in [-0.05, 0) is 70.1 Å². The van der Waals surface area contributed by atoms with Gasteiger partial charge in [0.15, 0.2) is 0 Å². The number of aromatic hydroxyl groups is 1. The molecule has 0 bridgehead atoms. The van der Waals surface area contributed by atoms with Gasteiger partial charge in [-0.25, -0.2) is 0 Å². The first-order chi connectivity index (χ1) is 13.7. The number of fused-ring (bicyclic) bond motifs is 3. The van der Waals surface area contributed by atoms with Crippen molar-refractivity contribution in [2.75, 3.05) is 6.61 Å². The Morgan fingerprint density at radius 1 is 1.34 bits per heavy atom. The summed E-state index contributed by atoms with van der Waals surface area (Å²) < 4.78 is 6.41. The van der Waals surface area contributed by atoms with Gasteiger partial charge < -0.3 is 14.7 Å². The Morgan fingerprint density at radius 3 is 2.83 bits per heavy atom. The van der Waals surface area contributed by atoms with Crippen LogP contribution < -0.4 is 4.74 Å². The van der Waals surface area contributed by atoms with Crippen molar-refractivity contribution < 1.29 is 19.8 Å². The zero-order valence-electron chi connectivity index (χ0n) is 17.9. The molecular weight excluding hydrogens is 370 g/mol. The lowest BCUT2D eigenvalue weighted by Crippen LogP contribution is -2.45. The van der Waals surface area contributed by atoms with Gasteiger partial charge in [-0.15, -0.1) is 10.1 Å². The van der Waals surface area contributed by atoms with Crippen LogP contribution in [0.5, 0.6) is 11.5 Å². The van der Waals surface area contributed by atoms with Crippen LogP contribution in [0.25, 0.3) is 0 Å². The molecule has 3 atom stereocenters. The molecule has 0 radical (unpaired) electrons. The molecule has 1 aromatic carbocycles. The number of nitrogens with zero attached hydrogens (tertiary/aromatic N) is 1. The molecule has 29 heavy (non-hydrogen) atoms. The lowest BCUT2D eigenvalue weighted by Gasteiger charge is -2.46. The maximum Gasteiger partial charge on any atom is 0.294 e. The van der Waals surface area contributed by atoms with E-state index in [-0.39, 0.29) is 24.0 Å². The fourth-order valence-corrected chi connectivity index (χ4v) is 4.86. The molecule has 160 valence electrons. The standard InChI is InChI=1S/C23H33NO5/c1-15-9-10-19-18(12-15)22-20(25)13-17(14-21(22)29-23(19,3)4)16(2)8-6-5-7-11-28-24(26)27/h12-14,16,18-19,25H,5-11H2,1-4H3/t16?,18-,19-/m1/s1. The monoisotopic (exact) mass is 403 g/mol. The molecule has 6 nitrogen and oxygen atoms in total. The molecule has 1 aromatic rings. The van der Waals surface area contributed by atoms with E-state index in [9.17, 15) is 15.2 Å². The van der Waals surface area contributed by atoms with Gasteiger partial charge in [0.25, 0.3) is 5.09 Å². The molecule has 0 spiro atoms. The average molecular weight is 404 g/mol. The van der Waals surface area contributed by atoms with Crippen LogP contribution >= 0.6 is 0 Å². The Bertz CT molecular complexity index is 786. The second-order valence-electron chi connectivity index (χ2n) is 9.15. The first kappa shape index (κ1) is 21.5. The summed E-state index contributed by atoms with van der Waals surface area (Å²) >= 11 is 0. The van der Waals surface area contributed by atoms with Gasteiger partial charge in [-0.2, -0.15) is 0 Å². The van der Waals surface area contributed by atoms with Crippen molar-refractivity contribution in [3.05, 3.63) is 45.0 Å². The van der Waals surface area contributed by atoms with E-state index in [0.29, 0.717) is 18.1 Å². The van der Waals surface area contributed by atoms with Crippen molar-refractivity contribution in [3.63, 3.8) is 0 Å². The molecule has 0 amide bonds. The van der Waals surface area contributed by atoms with Gasteiger partial charge in [-0.1, -0.05) is 31.4 Å². The summed E-state index contributed by atoms with van der Waals surface area (Å²) in [5.41, 5.74) is 3.13. The van der Waals surface area contributed by atoms with E-state index in [1.165, 1.54) is 5.57 Å². The number of hydrogen-bond donors (Lipinski definition) is 1. The van der Waals surface area contributed by atoms with Crippen molar-refractivity contribution in [1.29, 1.82) is 0 Å². The van der Waals surface area contributed by atoms with Crippen LogP contribution in [0.2, 0.25) is 0 Å². The zero-order valence-corrected chi connectivity index (χ0v) is 17.9. The maximum absolute atomic E-state index is 10.9. The highest BCUT2D eigenvalue weighted by molar-refractivity contribution is 5.54. The Morgan fingerprint density at radius 2 is 2.10 bits per heavy atom. The van der Waals surface area contributed by atoms with Crippen molar-refractivity contribution >= 4 is 0 Å². The normalized spacial score (nSPS) is 23.2. The average Bonchev–Trinajstić information content (AvgIpc) is 2.62. The number of ether oxygens (including phenoxy) is 1. The van der Waals surface area contributed by atoms with Gasteiger partial charge in [0.2, 0.25) is 0 Å². The number of phenols is 1. The van der Waals surface area contributed by atoms with Crippen LogP contribution in [0.1, 0.15) is 89.2 Å². The summed E-state index contributed by atoms with van der Waals surface area (Å²) in [4.78, 5) is 14.5. The predicted molar refractivity (Wildman–Crippen MR) is 112 cm³/mol. The van der Waals surface area contributed by atoms with Crippen LogP contribution in [0, 0.1) is 16.0 Å². The molecule has 0 aromatic heterocycles. The number of phenolic OH excluding ortho intramolecular Hbond substituents is 1. The van der Waals surface area contributed by atoms with Crippen molar-refractivity contribution in [1.82, 2.24) is 0 Å². The highest BCUT2D eigenvalue weighted by atomic mass is 16.9. The minimum Gasteiger partial charge on any atom is -0.507 e. The van der Waals surface area contributed by atoms with Crippen LogP contribution in [0.15, 0.2) is 23.8 Å². The Labute approximate surface area is 173 Å². The summed E-state index contributed by atoms with van der Waals surface area (Å²) in [6.07, 6.45) is 7.95. The van der Waals surface area contributed by atoms with E-state index in [0.717, 1.165) is 49.0 Å². The molecule has 3 rings (SSSR count). The molecule has 1 heterocycles. The molecule has 1 aliphatic heterocycles. The highest BCUT2D eigenvalue weighted by Crippen LogP contribution is 2.53.